The molecule has 1 aromatic rings. The fourth-order valence-electron chi connectivity index (χ4n) is 1.26. The van der Waals surface area contributed by atoms with Crippen LogP contribution in [0.15, 0.2) is 24.3 Å². The maximum Gasteiger partial charge on any atom is 0.150 e. The average Bonchev–Trinajstić information content (AvgIpc) is 2.16. The standard InChI is InChI=1S/C12H18O3S/c1-10(2)11-4-6-12(7-5-11)15-8-9-16(3,13)14/h4-7,10H,8-9H2,1-3H3. The summed E-state index contributed by atoms with van der Waals surface area (Å²) in [6.45, 7) is 4.46. The number of ether oxygens (including phenoxy) is 1. The van der Waals surface area contributed by atoms with Crippen molar-refractivity contribution in [1.82, 2.24) is 0 Å². The molecule has 0 heterocycles. The first-order valence-electron chi connectivity index (χ1n) is 5.29. The highest BCUT2D eigenvalue weighted by Crippen LogP contribution is 2.18. The van der Waals surface area contributed by atoms with Crippen LogP contribution >= 0.6 is 0 Å². The van der Waals surface area contributed by atoms with Crippen molar-refractivity contribution in [3.05, 3.63) is 29.8 Å². The molecule has 90 valence electrons. The molecule has 0 aliphatic heterocycles. The van der Waals surface area contributed by atoms with Gasteiger partial charge in [-0.15, -0.1) is 0 Å². The Bertz CT molecular complexity index is 418. The minimum Gasteiger partial charge on any atom is -0.493 e. The van der Waals surface area contributed by atoms with Crippen LogP contribution in [0.1, 0.15) is 25.3 Å². The van der Waals surface area contributed by atoms with Gasteiger partial charge in [-0.1, -0.05) is 26.0 Å². The molecule has 0 aliphatic carbocycles. The van der Waals surface area contributed by atoms with Crippen molar-refractivity contribution in [1.29, 1.82) is 0 Å². The van der Waals surface area contributed by atoms with Crippen LogP contribution in [0.3, 0.4) is 0 Å². The van der Waals surface area contributed by atoms with E-state index in [1.54, 1.807) is 0 Å². The molecule has 0 bridgehead atoms. The molecule has 0 amide bonds. The summed E-state index contributed by atoms with van der Waals surface area (Å²) in [5, 5.41) is 0. The molecule has 0 saturated carbocycles. The molecule has 0 aliphatic rings. The predicted octanol–water partition coefficient (Wildman–Crippen LogP) is 2.23. The van der Waals surface area contributed by atoms with E-state index in [2.05, 4.69) is 13.8 Å². The lowest BCUT2D eigenvalue weighted by Crippen LogP contribution is -2.11. The van der Waals surface area contributed by atoms with Gasteiger partial charge in [-0.2, -0.15) is 0 Å². The lowest BCUT2D eigenvalue weighted by atomic mass is 10.0. The topological polar surface area (TPSA) is 43.4 Å². The van der Waals surface area contributed by atoms with Gasteiger partial charge in [-0.3, -0.25) is 0 Å². The highest BCUT2D eigenvalue weighted by molar-refractivity contribution is 7.90. The van der Waals surface area contributed by atoms with Crippen LogP contribution in [0.4, 0.5) is 0 Å². The second-order valence-corrected chi connectivity index (χ2v) is 6.46. The van der Waals surface area contributed by atoms with Crippen LogP contribution in [0.5, 0.6) is 5.75 Å². The Labute approximate surface area is 97.4 Å². The van der Waals surface area contributed by atoms with E-state index in [-0.39, 0.29) is 12.4 Å². The first kappa shape index (κ1) is 13.0. The third-order valence-corrected chi connectivity index (χ3v) is 3.18. The fraction of sp³-hybridized carbons (Fsp3) is 0.500. The third kappa shape index (κ3) is 4.66. The van der Waals surface area contributed by atoms with Crippen LogP contribution in [0, 0.1) is 0 Å². The molecule has 0 N–H and O–H groups in total. The van der Waals surface area contributed by atoms with E-state index in [9.17, 15) is 8.42 Å². The van der Waals surface area contributed by atoms with Gasteiger partial charge in [0.25, 0.3) is 0 Å². The number of sulfone groups is 1. The van der Waals surface area contributed by atoms with Crippen molar-refractivity contribution in [2.75, 3.05) is 18.6 Å². The Hall–Kier alpha value is -1.03. The van der Waals surface area contributed by atoms with Gasteiger partial charge in [0.05, 0.1) is 5.75 Å². The van der Waals surface area contributed by atoms with Crippen LogP contribution in [-0.4, -0.2) is 27.0 Å². The van der Waals surface area contributed by atoms with Gasteiger partial charge in [-0.05, 0) is 23.6 Å². The summed E-state index contributed by atoms with van der Waals surface area (Å²) in [6, 6.07) is 7.75. The maximum absolute atomic E-state index is 10.9. The van der Waals surface area contributed by atoms with Crippen LogP contribution in [0.25, 0.3) is 0 Å². The van der Waals surface area contributed by atoms with E-state index in [0.29, 0.717) is 11.7 Å². The summed E-state index contributed by atoms with van der Waals surface area (Å²) < 4.78 is 27.1. The van der Waals surface area contributed by atoms with Crippen LogP contribution in [-0.2, 0) is 9.84 Å². The molecule has 0 radical (unpaired) electrons. The Morgan fingerprint density at radius 3 is 2.19 bits per heavy atom. The van der Waals surface area contributed by atoms with Gasteiger partial charge in [0, 0.05) is 6.26 Å². The Morgan fingerprint density at radius 2 is 1.75 bits per heavy atom. The molecule has 0 unspecified atom stereocenters. The molecule has 0 aromatic heterocycles. The number of benzene rings is 1. The highest BCUT2D eigenvalue weighted by atomic mass is 32.2. The zero-order valence-corrected chi connectivity index (χ0v) is 10.8. The molecule has 1 rings (SSSR count). The summed E-state index contributed by atoms with van der Waals surface area (Å²) in [5.41, 5.74) is 1.25. The Kier molecular flexibility index (Phi) is 4.35. The predicted molar refractivity (Wildman–Crippen MR) is 65.7 cm³/mol. The van der Waals surface area contributed by atoms with E-state index in [4.69, 9.17) is 4.74 Å². The first-order valence-corrected chi connectivity index (χ1v) is 7.35. The molecule has 0 atom stereocenters. The molecule has 3 nitrogen and oxygen atoms in total. The lowest BCUT2D eigenvalue weighted by Gasteiger charge is -2.08. The summed E-state index contributed by atoms with van der Waals surface area (Å²) in [5.74, 6) is 1.26. The zero-order chi connectivity index (χ0) is 12.2. The normalized spacial score (nSPS) is 11.8. The first-order chi connectivity index (χ1) is 7.38. The Balaban J connectivity index is 2.50. The maximum atomic E-state index is 10.9. The molecule has 0 spiro atoms. The quantitative estimate of drug-likeness (QED) is 0.795. The van der Waals surface area contributed by atoms with Crippen molar-refractivity contribution >= 4 is 9.84 Å². The van der Waals surface area contributed by atoms with Gasteiger partial charge in [-0.25, -0.2) is 8.42 Å². The Morgan fingerprint density at radius 1 is 1.19 bits per heavy atom. The number of rotatable bonds is 5. The van der Waals surface area contributed by atoms with Gasteiger partial charge in [0.2, 0.25) is 0 Å². The SMILES string of the molecule is CC(C)c1ccc(OCCS(C)(=O)=O)cc1. The summed E-state index contributed by atoms with van der Waals surface area (Å²) in [6.07, 6.45) is 1.21. The third-order valence-electron chi connectivity index (χ3n) is 2.27. The molecular weight excluding hydrogens is 224 g/mol. The average molecular weight is 242 g/mol. The van der Waals surface area contributed by atoms with Gasteiger partial charge >= 0.3 is 0 Å². The highest BCUT2D eigenvalue weighted by Gasteiger charge is 2.03. The van der Waals surface area contributed by atoms with Crippen LogP contribution in [0.2, 0.25) is 0 Å². The largest absolute Gasteiger partial charge is 0.493 e. The van der Waals surface area contributed by atoms with E-state index < -0.39 is 9.84 Å². The molecule has 16 heavy (non-hydrogen) atoms. The zero-order valence-electron chi connectivity index (χ0n) is 9.93. The van der Waals surface area contributed by atoms with Crippen molar-refractivity contribution in [3.63, 3.8) is 0 Å². The van der Waals surface area contributed by atoms with Crippen molar-refractivity contribution in [2.24, 2.45) is 0 Å². The van der Waals surface area contributed by atoms with Crippen molar-refractivity contribution in [3.8, 4) is 5.75 Å². The molecule has 4 heteroatoms. The minimum atomic E-state index is -2.94. The lowest BCUT2D eigenvalue weighted by molar-refractivity contribution is 0.341. The second-order valence-electron chi connectivity index (χ2n) is 4.20. The number of hydrogen-bond donors (Lipinski definition) is 0. The summed E-state index contributed by atoms with van der Waals surface area (Å²) >= 11 is 0. The monoisotopic (exact) mass is 242 g/mol. The van der Waals surface area contributed by atoms with Crippen molar-refractivity contribution in [2.45, 2.75) is 19.8 Å². The molecular formula is C12H18O3S. The minimum absolute atomic E-state index is 0.0545. The van der Waals surface area contributed by atoms with Crippen molar-refractivity contribution < 1.29 is 13.2 Å². The fourth-order valence-corrected chi connectivity index (χ4v) is 1.65. The van der Waals surface area contributed by atoms with E-state index in [1.165, 1.54) is 11.8 Å². The van der Waals surface area contributed by atoms with E-state index in [0.717, 1.165) is 0 Å². The van der Waals surface area contributed by atoms with Crippen LogP contribution < -0.4 is 4.74 Å². The number of hydrogen-bond acceptors (Lipinski definition) is 3. The summed E-state index contributed by atoms with van der Waals surface area (Å²) in [4.78, 5) is 0. The smallest absolute Gasteiger partial charge is 0.150 e. The molecule has 1 aromatic carbocycles. The molecule has 0 fully saturated rings. The van der Waals surface area contributed by atoms with Gasteiger partial charge in [0.1, 0.15) is 12.4 Å². The van der Waals surface area contributed by atoms with E-state index >= 15 is 0 Å². The van der Waals surface area contributed by atoms with E-state index in [1.807, 2.05) is 24.3 Å². The molecule has 0 saturated heterocycles. The van der Waals surface area contributed by atoms with Gasteiger partial charge in [0.15, 0.2) is 9.84 Å². The summed E-state index contributed by atoms with van der Waals surface area (Å²) in [7, 11) is -2.94. The second kappa shape index (κ2) is 5.34. The van der Waals surface area contributed by atoms with Gasteiger partial charge < -0.3 is 4.74 Å².